The minimum atomic E-state index is -0.0857. The molecule has 0 aromatic carbocycles. The van der Waals surface area contributed by atoms with Crippen molar-refractivity contribution in [1.82, 2.24) is 20.1 Å². The van der Waals surface area contributed by atoms with E-state index in [2.05, 4.69) is 43.3 Å². The van der Waals surface area contributed by atoms with Crippen LogP contribution >= 0.6 is 11.3 Å². The molecule has 154 valence electrons. The predicted octanol–water partition coefficient (Wildman–Crippen LogP) is 4.60. The zero-order chi connectivity index (χ0) is 20.4. The molecule has 29 heavy (non-hydrogen) atoms. The second kappa shape index (κ2) is 8.63. The Morgan fingerprint density at radius 2 is 2.21 bits per heavy atom. The second-order valence-electron chi connectivity index (χ2n) is 8.01. The lowest BCUT2D eigenvalue weighted by Gasteiger charge is -2.10. The molecule has 1 aliphatic carbocycles. The monoisotopic (exact) mass is 412 g/mol. The van der Waals surface area contributed by atoms with E-state index < -0.39 is 0 Å². The molecule has 1 aliphatic rings. The predicted molar refractivity (Wildman–Crippen MR) is 116 cm³/mol. The van der Waals surface area contributed by atoms with E-state index in [0.717, 1.165) is 40.6 Å². The first kappa shape index (κ1) is 20.0. The highest BCUT2D eigenvalue weighted by Gasteiger charge is 2.21. The quantitative estimate of drug-likeness (QED) is 0.522. The lowest BCUT2D eigenvalue weighted by Crippen LogP contribution is -2.25. The first-order valence-corrected chi connectivity index (χ1v) is 11.2. The van der Waals surface area contributed by atoms with Gasteiger partial charge in [0.1, 0.15) is 0 Å². The average molecular weight is 413 g/mol. The number of rotatable bonds is 9. The topological polar surface area (TPSA) is 69.0 Å². The number of thiophene rings is 1. The Bertz CT molecular complexity index is 1000. The van der Waals surface area contributed by atoms with Crippen LogP contribution in [-0.2, 0) is 4.74 Å². The van der Waals surface area contributed by atoms with Gasteiger partial charge in [0.05, 0.1) is 27.7 Å². The molecule has 0 radical (unpaired) electrons. The fourth-order valence-electron chi connectivity index (χ4n) is 3.29. The van der Waals surface area contributed by atoms with Crippen molar-refractivity contribution in [2.24, 2.45) is 5.92 Å². The number of amides is 1. The summed E-state index contributed by atoms with van der Waals surface area (Å²) in [6.07, 6.45) is 5.16. The van der Waals surface area contributed by atoms with Crippen LogP contribution in [0, 0.1) is 12.8 Å². The zero-order valence-electron chi connectivity index (χ0n) is 17.3. The third-order valence-corrected chi connectivity index (χ3v) is 6.12. The summed E-state index contributed by atoms with van der Waals surface area (Å²) in [4.78, 5) is 20.1. The Morgan fingerprint density at radius 1 is 1.38 bits per heavy atom. The molecule has 0 saturated heterocycles. The molecule has 1 amide bonds. The third-order valence-electron chi connectivity index (χ3n) is 5.09. The van der Waals surface area contributed by atoms with Gasteiger partial charge in [0, 0.05) is 30.7 Å². The minimum absolute atomic E-state index is 0.0857. The number of carbonyl (C=O) groups is 1. The molecule has 0 spiro atoms. The van der Waals surface area contributed by atoms with Crippen LogP contribution in [0.2, 0.25) is 0 Å². The number of nitrogens with zero attached hydrogens (tertiary/aromatic N) is 3. The van der Waals surface area contributed by atoms with Crippen molar-refractivity contribution in [1.29, 1.82) is 0 Å². The maximum Gasteiger partial charge on any atom is 0.252 e. The van der Waals surface area contributed by atoms with Gasteiger partial charge in [0.25, 0.3) is 5.91 Å². The van der Waals surface area contributed by atoms with Crippen LogP contribution in [0.25, 0.3) is 21.6 Å². The summed E-state index contributed by atoms with van der Waals surface area (Å²) < 4.78 is 7.53. The molecule has 7 heteroatoms. The summed E-state index contributed by atoms with van der Waals surface area (Å²) in [7, 11) is 0. The second-order valence-corrected chi connectivity index (χ2v) is 9.30. The van der Waals surface area contributed by atoms with Crippen molar-refractivity contribution in [3.63, 3.8) is 0 Å². The normalized spacial score (nSPS) is 14.1. The molecule has 6 nitrogen and oxygen atoms in total. The molecular formula is C22H28N4O2S. The highest BCUT2D eigenvalue weighted by atomic mass is 32.1. The summed E-state index contributed by atoms with van der Waals surface area (Å²) >= 11 is 1.68. The first-order chi connectivity index (χ1) is 14.0. The van der Waals surface area contributed by atoms with Crippen molar-refractivity contribution in [2.45, 2.75) is 46.1 Å². The summed E-state index contributed by atoms with van der Waals surface area (Å²) in [6, 6.07) is 6.19. The first-order valence-electron chi connectivity index (χ1n) is 10.3. The number of aromatic nitrogens is 3. The molecule has 0 unspecified atom stereocenters. The molecule has 0 atom stereocenters. The van der Waals surface area contributed by atoms with Gasteiger partial charge in [-0.2, -0.15) is 5.10 Å². The Kier molecular flexibility index (Phi) is 5.96. The highest BCUT2D eigenvalue weighted by Crippen LogP contribution is 2.31. The summed E-state index contributed by atoms with van der Waals surface area (Å²) in [5, 5.41) is 8.31. The van der Waals surface area contributed by atoms with Gasteiger partial charge in [-0.3, -0.25) is 4.79 Å². The van der Waals surface area contributed by atoms with E-state index in [9.17, 15) is 4.79 Å². The van der Waals surface area contributed by atoms with Gasteiger partial charge in [-0.15, -0.1) is 11.3 Å². The molecule has 1 fully saturated rings. The van der Waals surface area contributed by atoms with E-state index in [1.165, 1.54) is 17.7 Å². The maximum absolute atomic E-state index is 13.0. The van der Waals surface area contributed by atoms with Gasteiger partial charge < -0.3 is 10.1 Å². The van der Waals surface area contributed by atoms with Crippen LogP contribution in [0.3, 0.4) is 0 Å². The number of pyridine rings is 1. The molecule has 1 N–H and O–H groups in total. The van der Waals surface area contributed by atoms with E-state index in [1.54, 1.807) is 17.5 Å². The average Bonchev–Trinajstić information content (AvgIpc) is 3.25. The standard InChI is InChI=1S/C22H28N4O2S/c1-14(2)26-21-18(12-24-26)17(11-19(25-21)20-8-5-15(3)29-20)22(27)23-9-4-10-28-13-16-6-7-16/h5,8,11-12,14,16H,4,6-7,9-10,13H2,1-3H3,(H,23,27). The van der Waals surface area contributed by atoms with Crippen molar-refractivity contribution in [3.05, 3.63) is 34.8 Å². The molecule has 0 aliphatic heterocycles. The number of hydrogen-bond acceptors (Lipinski definition) is 5. The number of carbonyl (C=O) groups excluding carboxylic acids is 1. The SMILES string of the molecule is Cc1ccc(-c2cc(C(=O)NCCCOCC3CC3)c3cnn(C(C)C)c3n2)s1. The Labute approximate surface area is 175 Å². The van der Waals surface area contributed by atoms with Gasteiger partial charge in [-0.05, 0) is 64.2 Å². The molecule has 3 aromatic rings. The summed E-state index contributed by atoms with van der Waals surface area (Å²) in [5.74, 6) is 0.684. The molecular weight excluding hydrogens is 384 g/mol. The fourth-order valence-corrected chi connectivity index (χ4v) is 4.12. The largest absolute Gasteiger partial charge is 0.381 e. The van der Waals surface area contributed by atoms with Crippen LogP contribution in [0.15, 0.2) is 24.4 Å². The van der Waals surface area contributed by atoms with Crippen LogP contribution in [0.4, 0.5) is 0 Å². The lowest BCUT2D eigenvalue weighted by atomic mass is 10.1. The zero-order valence-corrected chi connectivity index (χ0v) is 18.1. The van der Waals surface area contributed by atoms with Crippen molar-refractivity contribution < 1.29 is 9.53 Å². The smallest absolute Gasteiger partial charge is 0.252 e. The van der Waals surface area contributed by atoms with Gasteiger partial charge >= 0.3 is 0 Å². The minimum Gasteiger partial charge on any atom is -0.381 e. The van der Waals surface area contributed by atoms with Crippen LogP contribution in [-0.4, -0.2) is 40.4 Å². The fraction of sp³-hybridized carbons (Fsp3) is 0.500. The Balaban J connectivity index is 1.53. The number of ether oxygens (including phenoxy) is 1. The molecule has 4 rings (SSSR count). The number of fused-ring (bicyclic) bond motifs is 1. The van der Waals surface area contributed by atoms with Crippen molar-refractivity contribution >= 4 is 28.3 Å². The van der Waals surface area contributed by atoms with Crippen molar-refractivity contribution in [3.8, 4) is 10.6 Å². The highest BCUT2D eigenvalue weighted by molar-refractivity contribution is 7.15. The maximum atomic E-state index is 13.0. The summed E-state index contributed by atoms with van der Waals surface area (Å²) in [6.45, 7) is 8.35. The molecule has 3 heterocycles. The van der Waals surface area contributed by atoms with Crippen LogP contribution < -0.4 is 5.32 Å². The van der Waals surface area contributed by atoms with E-state index in [0.29, 0.717) is 18.7 Å². The number of aryl methyl sites for hydroxylation is 1. The van der Waals surface area contributed by atoms with Gasteiger partial charge in [0.2, 0.25) is 0 Å². The Morgan fingerprint density at radius 3 is 2.90 bits per heavy atom. The molecule has 0 bridgehead atoms. The molecule has 1 saturated carbocycles. The van der Waals surface area contributed by atoms with Crippen LogP contribution in [0.1, 0.15) is 54.4 Å². The van der Waals surface area contributed by atoms with Crippen molar-refractivity contribution in [2.75, 3.05) is 19.8 Å². The number of hydrogen-bond donors (Lipinski definition) is 1. The lowest BCUT2D eigenvalue weighted by molar-refractivity contribution is 0.0939. The van der Waals surface area contributed by atoms with E-state index in [-0.39, 0.29) is 11.9 Å². The number of nitrogens with one attached hydrogen (secondary N) is 1. The van der Waals surface area contributed by atoms with Gasteiger partial charge in [0.15, 0.2) is 5.65 Å². The van der Waals surface area contributed by atoms with Gasteiger partial charge in [-0.25, -0.2) is 9.67 Å². The summed E-state index contributed by atoms with van der Waals surface area (Å²) in [5.41, 5.74) is 2.19. The Hall–Kier alpha value is -2.25. The van der Waals surface area contributed by atoms with E-state index in [1.807, 2.05) is 10.7 Å². The van der Waals surface area contributed by atoms with E-state index >= 15 is 0 Å². The van der Waals surface area contributed by atoms with Gasteiger partial charge in [-0.1, -0.05) is 0 Å². The molecule has 3 aromatic heterocycles. The van der Waals surface area contributed by atoms with E-state index in [4.69, 9.17) is 9.72 Å². The third kappa shape index (κ3) is 4.67. The van der Waals surface area contributed by atoms with Crippen LogP contribution in [0.5, 0.6) is 0 Å².